The van der Waals surface area contributed by atoms with Crippen LogP contribution in [0.4, 0.5) is 5.95 Å². The van der Waals surface area contributed by atoms with Gasteiger partial charge in [0.2, 0.25) is 5.95 Å². The number of rotatable bonds is 3. The van der Waals surface area contributed by atoms with Gasteiger partial charge >= 0.3 is 0 Å². The molecule has 1 saturated heterocycles. The van der Waals surface area contributed by atoms with Crippen molar-refractivity contribution < 1.29 is 0 Å². The molecule has 4 N–H and O–H groups in total. The van der Waals surface area contributed by atoms with Gasteiger partial charge < -0.3 is 20.6 Å². The third-order valence-electron chi connectivity index (χ3n) is 7.05. The summed E-state index contributed by atoms with van der Waals surface area (Å²) in [4.78, 5) is 34.9. The summed E-state index contributed by atoms with van der Waals surface area (Å²) in [5.41, 5.74) is 11.0. The van der Waals surface area contributed by atoms with E-state index in [1.807, 2.05) is 12.1 Å². The summed E-state index contributed by atoms with van der Waals surface area (Å²) in [5.74, 6) is 0.790. The number of hydrogen-bond donors (Lipinski definition) is 3. The van der Waals surface area contributed by atoms with E-state index in [0.29, 0.717) is 21.9 Å². The maximum Gasteiger partial charge on any atom is 0.251 e. The monoisotopic (exact) mass is 457 g/mol. The topological polar surface area (TPSA) is 117 Å². The highest BCUT2D eigenvalue weighted by Gasteiger charge is 2.46. The van der Waals surface area contributed by atoms with Gasteiger partial charge in [-0.2, -0.15) is 4.98 Å². The van der Waals surface area contributed by atoms with Crippen molar-refractivity contribution in [1.29, 1.82) is 0 Å². The second-order valence-electron chi connectivity index (χ2n) is 8.88. The zero-order valence-corrected chi connectivity index (χ0v) is 19.0. The van der Waals surface area contributed by atoms with E-state index in [0.717, 1.165) is 43.2 Å². The van der Waals surface area contributed by atoms with Gasteiger partial charge in [0.1, 0.15) is 5.03 Å². The molecule has 0 amide bonds. The van der Waals surface area contributed by atoms with Gasteiger partial charge in [0, 0.05) is 41.4 Å². The highest BCUT2D eigenvalue weighted by Crippen LogP contribution is 2.50. The number of pyridine rings is 1. The fraction of sp³-hybridized carbons (Fsp3) is 0.333. The number of imidazole rings is 1. The van der Waals surface area contributed by atoms with Crippen molar-refractivity contribution in [3.63, 3.8) is 0 Å². The molecule has 0 radical (unpaired) electrons. The lowest BCUT2D eigenvalue weighted by atomic mass is 9.73. The summed E-state index contributed by atoms with van der Waals surface area (Å²) in [6.07, 6.45) is 6.31. The first-order valence-corrected chi connectivity index (χ1v) is 11.8. The number of nitrogens with two attached hydrogens (primary N) is 1. The molecule has 1 fully saturated rings. The summed E-state index contributed by atoms with van der Waals surface area (Å²) in [7, 11) is 0. The average Bonchev–Trinajstić information content (AvgIpc) is 3.37. The molecule has 3 aromatic heterocycles. The van der Waals surface area contributed by atoms with Crippen molar-refractivity contribution in [3.8, 4) is 0 Å². The van der Waals surface area contributed by atoms with Gasteiger partial charge in [0.25, 0.3) is 5.56 Å². The van der Waals surface area contributed by atoms with Crippen molar-refractivity contribution in [2.75, 3.05) is 18.0 Å². The second-order valence-corrected chi connectivity index (χ2v) is 9.94. The molecule has 1 atom stereocenters. The summed E-state index contributed by atoms with van der Waals surface area (Å²) in [6.45, 7) is 3.55. The zero-order chi connectivity index (χ0) is 22.6. The Kier molecular flexibility index (Phi) is 4.67. The van der Waals surface area contributed by atoms with Crippen LogP contribution in [0.5, 0.6) is 0 Å². The standard InChI is InChI=1S/C24H23N7OS/c1-14-17(6-9-26-22(14)32)33-18-13-27-20-21(28-18)30-23(29-20)31-10-7-24(8-11-31)12-15-4-2-3-5-16(15)19(24)25/h3,5-6,9,13,19H,7-8,10-12,25H2,1H3,(H,26,32)(H,27,28,29,30)/t19-/m1/s1. The summed E-state index contributed by atoms with van der Waals surface area (Å²) >= 11 is 1.42. The van der Waals surface area contributed by atoms with Gasteiger partial charge in [-0.05, 0) is 55.4 Å². The molecule has 1 aromatic carbocycles. The van der Waals surface area contributed by atoms with Crippen molar-refractivity contribution in [2.45, 2.75) is 42.1 Å². The Morgan fingerprint density at radius 2 is 2.12 bits per heavy atom. The zero-order valence-electron chi connectivity index (χ0n) is 18.2. The third-order valence-corrected chi connectivity index (χ3v) is 8.12. The van der Waals surface area contributed by atoms with E-state index >= 15 is 0 Å². The number of piperidine rings is 1. The molecule has 1 aliphatic heterocycles. The summed E-state index contributed by atoms with van der Waals surface area (Å²) in [5, 5.41) is 0.715. The quantitative estimate of drug-likeness (QED) is 0.433. The van der Waals surface area contributed by atoms with Crippen LogP contribution in [0.1, 0.15) is 35.6 Å². The molecular formula is C24H23N7OS. The predicted octanol–water partition coefficient (Wildman–Crippen LogP) is 2.94. The minimum absolute atomic E-state index is 0.0489. The van der Waals surface area contributed by atoms with Crippen LogP contribution in [0.2, 0.25) is 0 Å². The van der Waals surface area contributed by atoms with E-state index in [2.05, 4.69) is 48.0 Å². The van der Waals surface area contributed by atoms with Gasteiger partial charge in [-0.1, -0.05) is 23.9 Å². The molecule has 4 aromatic rings. The Labute approximate surface area is 195 Å². The van der Waals surface area contributed by atoms with Crippen LogP contribution in [0.25, 0.3) is 11.3 Å². The fourth-order valence-corrected chi connectivity index (χ4v) is 5.89. The Hall–Kier alpha value is -3.35. The SMILES string of the molecule is Cc1c(Sc2cnc3nc(N4CCC5(CC4)Cc4c#cccc4[C@H]5N)[nH]c3n2)cc[nH]c1=O. The molecule has 0 unspecified atom stereocenters. The molecule has 166 valence electrons. The molecule has 1 spiro atoms. The predicted molar refractivity (Wildman–Crippen MR) is 126 cm³/mol. The number of nitrogens with one attached hydrogen (secondary N) is 2. The minimum Gasteiger partial charge on any atom is -0.342 e. The van der Waals surface area contributed by atoms with Gasteiger partial charge in [0.15, 0.2) is 11.3 Å². The first kappa shape index (κ1) is 20.3. The number of fused-ring (bicyclic) bond motifs is 2. The maximum absolute atomic E-state index is 11.9. The van der Waals surface area contributed by atoms with Crippen LogP contribution in [-0.4, -0.2) is 38.0 Å². The number of H-pyrrole nitrogens is 2. The largest absolute Gasteiger partial charge is 0.342 e. The fourth-order valence-electron chi connectivity index (χ4n) is 5.04. The number of aromatic nitrogens is 5. The van der Waals surface area contributed by atoms with Gasteiger partial charge in [-0.3, -0.25) is 4.79 Å². The van der Waals surface area contributed by atoms with Crippen molar-refractivity contribution >= 4 is 29.0 Å². The highest BCUT2D eigenvalue weighted by atomic mass is 32.2. The highest BCUT2D eigenvalue weighted by molar-refractivity contribution is 7.99. The molecule has 1 aliphatic carbocycles. The van der Waals surface area contributed by atoms with Crippen LogP contribution in [-0.2, 0) is 6.42 Å². The number of hydrogen-bond acceptors (Lipinski definition) is 7. The van der Waals surface area contributed by atoms with Crippen molar-refractivity contribution in [3.05, 3.63) is 69.8 Å². The van der Waals surface area contributed by atoms with Crippen LogP contribution in [0.15, 0.2) is 45.3 Å². The van der Waals surface area contributed by atoms with Gasteiger partial charge in [0.05, 0.1) is 6.20 Å². The van der Waals surface area contributed by atoms with Crippen LogP contribution < -0.4 is 16.2 Å². The molecule has 8 nitrogen and oxygen atoms in total. The normalized spacial score (nSPS) is 19.1. The Bertz CT molecular complexity index is 1400. The third kappa shape index (κ3) is 3.37. The molecule has 2 aliphatic rings. The molecule has 0 saturated carbocycles. The number of anilines is 1. The van der Waals surface area contributed by atoms with E-state index in [1.54, 1.807) is 19.3 Å². The van der Waals surface area contributed by atoms with E-state index in [1.165, 1.54) is 22.9 Å². The molecule has 4 heterocycles. The van der Waals surface area contributed by atoms with E-state index < -0.39 is 0 Å². The molecule has 6 rings (SSSR count). The first-order chi connectivity index (χ1) is 16.0. The lowest BCUT2D eigenvalue weighted by Crippen LogP contribution is -2.44. The summed E-state index contributed by atoms with van der Waals surface area (Å²) in [6, 6.07) is 12.3. The summed E-state index contributed by atoms with van der Waals surface area (Å²) < 4.78 is 0. The maximum atomic E-state index is 11.9. The first-order valence-electron chi connectivity index (χ1n) is 11.0. The Morgan fingerprint density at radius 1 is 1.27 bits per heavy atom. The molecule has 0 bridgehead atoms. The lowest BCUT2D eigenvalue weighted by Gasteiger charge is -2.42. The smallest absolute Gasteiger partial charge is 0.251 e. The van der Waals surface area contributed by atoms with Crippen LogP contribution >= 0.6 is 11.8 Å². The lowest BCUT2D eigenvalue weighted by molar-refractivity contribution is 0.187. The van der Waals surface area contributed by atoms with Gasteiger partial charge in [-0.25, -0.2) is 9.97 Å². The molecule has 9 heteroatoms. The Balaban J connectivity index is 1.20. The van der Waals surface area contributed by atoms with E-state index in [4.69, 9.17) is 5.73 Å². The van der Waals surface area contributed by atoms with E-state index in [9.17, 15) is 4.79 Å². The minimum atomic E-state index is -0.0955. The number of nitrogens with zero attached hydrogens (tertiary/aromatic N) is 4. The van der Waals surface area contributed by atoms with Crippen LogP contribution in [0.3, 0.4) is 0 Å². The number of aromatic amines is 2. The molecular weight excluding hydrogens is 434 g/mol. The second kappa shape index (κ2) is 7.61. The van der Waals surface area contributed by atoms with Gasteiger partial charge in [-0.15, -0.1) is 0 Å². The Morgan fingerprint density at radius 3 is 2.94 bits per heavy atom. The van der Waals surface area contributed by atoms with Crippen LogP contribution in [0, 0.1) is 24.5 Å². The molecule has 33 heavy (non-hydrogen) atoms. The van der Waals surface area contributed by atoms with E-state index in [-0.39, 0.29) is 17.0 Å². The van der Waals surface area contributed by atoms with Crippen molar-refractivity contribution in [2.24, 2.45) is 11.1 Å². The average molecular weight is 458 g/mol. The van der Waals surface area contributed by atoms with Crippen molar-refractivity contribution in [1.82, 2.24) is 24.9 Å².